The Labute approximate surface area is 67.9 Å². The molecule has 0 heterocycles. The number of terminal acetylenes is 1. The molecule has 3 nitrogen and oxygen atoms in total. The lowest BCUT2D eigenvalue weighted by atomic mass is 10.3. The Morgan fingerprint density at radius 2 is 2.18 bits per heavy atom. The highest BCUT2D eigenvalue weighted by molar-refractivity contribution is 7.92. The molecule has 0 rings (SSSR count). The van der Waals surface area contributed by atoms with Gasteiger partial charge in [-0.15, -0.1) is 6.42 Å². The van der Waals surface area contributed by atoms with Crippen molar-refractivity contribution in [3.05, 3.63) is 0 Å². The number of sulfone groups is 1. The van der Waals surface area contributed by atoms with Gasteiger partial charge in [-0.2, -0.15) is 0 Å². The Bertz CT molecular complexity index is 238. The van der Waals surface area contributed by atoms with Gasteiger partial charge in [-0.05, 0) is 19.9 Å². The molecular weight excluding hydrogens is 162 g/mol. The van der Waals surface area contributed by atoms with Gasteiger partial charge in [0.05, 0.1) is 5.25 Å². The zero-order valence-electron chi connectivity index (χ0n) is 6.58. The monoisotopic (exact) mass is 175 g/mol. The molecule has 0 saturated heterocycles. The van der Waals surface area contributed by atoms with Gasteiger partial charge >= 0.3 is 0 Å². The van der Waals surface area contributed by atoms with Crippen molar-refractivity contribution in [2.75, 3.05) is 12.3 Å². The van der Waals surface area contributed by atoms with Gasteiger partial charge in [0, 0.05) is 0 Å². The maximum Gasteiger partial charge on any atom is 0.164 e. The molecule has 1 unspecified atom stereocenters. The molecule has 0 aromatic carbocycles. The van der Waals surface area contributed by atoms with Crippen molar-refractivity contribution in [3.8, 4) is 12.3 Å². The van der Waals surface area contributed by atoms with Crippen LogP contribution >= 0.6 is 0 Å². The summed E-state index contributed by atoms with van der Waals surface area (Å²) in [6.07, 6.45) is 5.36. The van der Waals surface area contributed by atoms with Crippen LogP contribution < -0.4 is 5.73 Å². The quantitative estimate of drug-likeness (QED) is 0.600. The first kappa shape index (κ1) is 10.5. The van der Waals surface area contributed by atoms with Crippen LogP contribution in [0.3, 0.4) is 0 Å². The van der Waals surface area contributed by atoms with Gasteiger partial charge in [0.15, 0.2) is 9.84 Å². The maximum absolute atomic E-state index is 11.1. The van der Waals surface area contributed by atoms with Crippen LogP contribution in [0.2, 0.25) is 0 Å². The lowest BCUT2D eigenvalue weighted by molar-refractivity contribution is 0.582. The molecule has 0 aliphatic carbocycles. The molecule has 64 valence electrons. The van der Waals surface area contributed by atoms with E-state index in [9.17, 15) is 8.42 Å². The van der Waals surface area contributed by atoms with Crippen LogP contribution in [-0.2, 0) is 9.84 Å². The topological polar surface area (TPSA) is 60.2 Å². The van der Waals surface area contributed by atoms with Crippen molar-refractivity contribution < 1.29 is 8.42 Å². The van der Waals surface area contributed by atoms with Crippen LogP contribution in [0, 0.1) is 12.3 Å². The van der Waals surface area contributed by atoms with Gasteiger partial charge in [-0.1, -0.05) is 5.92 Å². The summed E-state index contributed by atoms with van der Waals surface area (Å²) >= 11 is 0. The van der Waals surface area contributed by atoms with E-state index in [4.69, 9.17) is 12.2 Å². The van der Waals surface area contributed by atoms with E-state index in [1.54, 1.807) is 6.92 Å². The molecule has 0 aliphatic rings. The van der Waals surface area contributed by atoms with Crippen molar-refractivity contribution in [1.82, 2.24) is 0 Å². The highest BCUT2D eigenvalue weighted by atomic mass is 32.2. The molecule has 0 bridgehead atoms. The summed E-state index contributed by atoms with van der Waals surface area (Å²) in [7, 11) is -3.09. The lowest BCUT2D eigenvalue weighted by Gasteiger charge is -2.07. The zero-order valence-corrected chi connectivity index (χ0v) is 7.39. The molecule has 0 aromatic heterocycles. The Kier molecular flexibility index (Phi) is 4.16. The van der Waals surface area contributed by atoms with Crippen LogP contribution in [0.5, 0.6) is 0 Å². The molecule has 0 radical (unpaired) electrons. The molecule has 4 heteroatoms. The maximum atomic E-state index is 11.1. The first-order valence-electron chi connectivity index (χ1n) is 3.39. The number of rotatable bonds is 4. The number of hydrogen-bond acceptors (Lipinski definition) is 3. The zero-order chi connectivity index (χ0) is 8.91. The third kappa shape index (κ3) is 3.40. The van der Waals surface area contributed by atoms with Crippen molar-refractivity contribution in [2.45, 2.75) is 18.6 Å². The minimum Gasteiger partial charge on any atom is -0.330 e. The first-order chi connectivity index (χ1) is 5.04. The molecule has 0 saturated carbocycles. The summed E-state index contributed by atoms with van der Waals surface area (Å²) in [5, 5.41) is -0.413. The second-order valence-electron chi connectivity index (χ2n) is 2.40. The summed E-state index contributed by atoms with van der Waals surface area (Å²) in [6, 6.07) is 0. The van der Waals surface area contributed by atoms with E-state index in [-0.39, 0.29) is 5.75 Å². The van der Waals surface area contributed by atoms with Crippen molar-refractivity contribution in [1.29, 1.82) is 0 Å². The highest BCUT2D eigenvalue weighted by Crippen LogP contribution is 2.04. The van der Waals surface area contributed by atoms with Crippen LogP contribution in [-0.4, -0.2) is 26.0 Å². The summed E-state index contributed by atoms with van der Waals surface area (Å²) in [5.41, 5.74) is 5.21. The molecule has 0 amide bonds. The Hall–Kier alpha value is -0.530. The average Bonchev–Trinajstić information content (AvgIpc) is 1.88. The summed E-state index contributed by atoms with van der Waals surface area (Å²) < 4.78 is 22.2. The van der Waals surface area contributed by atoms with Gasteiger partial charge < -0.3 is 5.73 Å². The Morgan fingerprint density at radius 3 is 2.55 bits per heavy atom. The number of hydrogen-bond donors (Lipinski definition) is 1. The van der Waals surface area contributed by atoms with E-state index < -0.39 is 15.1 Å². The van der Waals surface area contributed by atoms with Crippen LogP contribution in [0.4, 0.5) is 0 Å². The van der Waals surface area contributed by atoms with Gasteiger partial charge in [0.1, 0.15) is 5.75 Å². The van der Waals surface area contributed by atoms with Crippen LogP contribution in [0.25, 0.3) is 0 Å². The van der Waals surface area contributed by atoms with Crippen molar-refractivity contribution >= 4 is 9.84 Å². The fourth-order valence-electron chi connectivity index (χ4n) is 0.673. The predicted octanol–water partition coefficient (Wildman–Crippen LogP) is -0.228. The Balaban J connectivity index is 4.21. The second-order valence-corrected chi connectivity index (χ2v) is 4.82. The predicted molar refractivity (Wildman–Crippen MR) is 45.8 cm³/mol. The second kappa shape index (κ2) is 4.37. The Morgan fingerprint density at radius 1 is 1.64 bits per heavy atom. The van der Waals surface area contributed by atoms with Gasteiger partial charge in [0.25, 0.3) is 0 Å². The van der Waals surface area contributed by atoms with Crippen molar-refractivity contribution in [2.24, 2.45) is 5.73 Å². The third-order valence-electron chi connectivity index (χ3n) is 1.47. The van der Waals surface area contributed by atoms with Crippen LogP contribution in [0.15, 0.2) is 0 Å². The smallest absolute Gasteiger partial charge is 0.164 e. The molecule has 11 heavy (non-hydrogen) atoms. The van der Waals surface area contributed by atoms with Crippen molar-refractivity contribution in [3.63, 3.8) is 0 Å². The largest absolute Gasteiger partial charge is 0.330 e. The molecule has 0 fully saturated rings. The minimum absolute atomic E-state index is 0.186. The first-order valence-corrected chi connectivity index (χ1v) is 5.11. The fourth-order valence-corrected chi connectivity index (χ4v) is 1.68. The third-order valence-corrected chi connectivity index (χ3v) is 3.50. The van der Waals surface area contributed by atoms with E-state index in [2.05, 4.69) is 5.92 Å². The molecule has 0 spiro atoms. The minimum atomic E-state index is -3.09. The molecule has 2 N–H and O–H groups in total. The molecular formula is C7H13NO2S. The van der Waals surface area contributed by atoms with Crippen LogP contribution in [0.1, 0.15) is 13.3 Å². The van der Waals surface area contributed by atoms with Gasteiger partial charge in [0.2, 0.25) is 0 Å². The SMILES string of the molecule is C#CCS(=O)(=O)C(C)CCN. The summed E-state index contributed by atoms with van der Waals surface area (Å²) in [5.74, 6) is 1.93. The summed E-state index contributed by atoms with van der Waals surface area (Å²) in [4.78, 5) is 0. The average molecular weight is 175 g/mol. The highest BCUT2D eigenvalue weighted by Gasteiger charge is 2.17. The normalized spacial score (nSPS) is 13.9. The van der Waals surface area contributed by atoms with E-state index in [1.165, 1.54) is 0 Å². The van der Waals surface area contributed by atoms with Gasteiger partial charge in [-0.3, -0.25) is 0 Å². The molecule has 0 aromatic rings. The molecule has 0 aliphatic heterocycles. The van der Waals surface area contributed by atoms with E-state index >= 15 is 0 Å². The molecule has 1 atom stereocenters. The number of nitrogens with two attached hydrogens (primary N) is 1. The fraction of sp³-hybridized carbons (Fsp3) is 0.714. The van der Waals surface area contributed by atoms with Gasteiger partial charge in [-0.25, -0.2) is 8.42 Å². The van der Waals surface area contributed by atoms with E-state index in [0.29, 0.717) is 13.0 Å². The lowest BCUT2D eigenvalue weighted by Crippen LogP contribution is -2.23. The summed E-state index contributed by atoms with van der Waals surface area (Å²) in [6.45, 7) is 2.00. The van der Waals surface area contributed by atoms with E-state index in [0.717, 1.165) is 0 Å². The standard InChI is InChI=1S/C7H13NO2S/c1-3-6-11(9,10)7(2)4-5-8/h1,7H,4-6,8H2,2H3. The van der Waals surface area contributed by atoms with E-state index in [1.807, 2.05) is 0 Å².